The van der Waals surface area contributed by atoms with Crippen molar-refractivity contribution in [3.8, 4) is 0 Å². The van der Waals surface area contributed by atoms with Crippen LogP contribution in [0.2, 0.25) is 0 Å². The zero-order chi connectivity index (χ0) is 11.9. The maximum atomic E-state index is 11.6. The molecule has 2 aromatic rings. The first-order chi connectivity index (χ1) is 8.36. The summed E-state index contributed by atoms with van der Waals surface area (Å²) in [5, 5.41) is 0. The summed E-state index contributed by atoms with van der Waals surface area (Å²) in [6, 6.07) is 13.8. The van der Waals surface area contributed by atoms with Crippen LogP contribution >= 0.6 is 0 Å². The predicted octanol–water partition coefficient (Wildman–Crippen LogP) is 3.88. The largest absolute Gasteiger partial charge is 0.461 e. The van der Waals surface area contributed by atoms with Crippen LogP contribution in [0.5, 0.6) is 0 Å². The van der Waals surface area contributed by atoms with Crippen LogP contribution in [-0.2, 0) is 6.42 Å². The molecule has 0 radical (unpaired) electrons. The van der Waals surface area contributed by atoms with Gasteiger partial charge in [0.2, 0.25) is 0 Å². The molecule has 0 N–H and O–H groups in total. The fourth-order valence-electron chi connectivity index (χ4n) is 1.82. The molecule has 1 aromatic heterocycles. The lowest BCUT2D eigenvalue weighted by Gasteiger charge is -2.00. The van der Waals surface area contributed by atoms with Gasteiger partial charge >= 0.3 is 0 Å². The fraction of sp³-hybridized carbons (Fsp3) is 0.267. The first kappa shape index (κ1) is 11.6. The number of carbonyl (C=O) groups is 1. The van der Waals surface area contributed by atoms with Crippen molar-refractivity contribution in [2.24, 2.45) is 0 Å². The molecule has 17 heavy (non-hydrogen) atoms. The van der Waals surface area contributed by atoms with Gasteiger partial charge in [0.25, 0.3) is 0 Å². The van der Waals surface area contributed by atoms with Crippen LogP contribution in [0.1, 0.15) is 35.4 Å². The van der Waals surface area contributed by atoms with Gasteiger partial charge < -0.3 is 4.42 Å². The Kier molecular flexibility index (Phi) is 4.14. The molecular weight excluding hydrogens is 212 g/mol. The lowest BCUT2D eigenvalue weighted by molar-refractivity contribution is 0.0952. The zero-order valence-electron chi connectivity index (χ0n) is 9.76. The standard InChI is InChI=1S/C15H16O2/c16-14(15-11-6-12-17-15)10-5-4-9-13-7-2-1-3-8-13/h1-3,6-8,11-12H,4-5,9-10H2. The Hall–Kier alpha value is -1.83. The average Bonchev–Trinajstić information content (AvgIpc) is 2.89. The maximum absolute atomic E-state index is 11.6. The average molecular weight is 228 g/mol. The van der Waals surface area contributed by atoms with Crippen molar-refractivity contribution in [1.29, 1.82) is 0 Å². The van der Waals surface area contributed by atoms with E-state index in [1.54, 1.807) is 12.1 Å². The monoisotopic (exact) mass is 228 g/mol. The highest BCUT2D eigenvalue weighted by molar-refractivity contribution is 5.93. The normalized spacial score (nSPS) is 10.4. The smallest absolute Gasteiger partial charge is 0.197 e. The number of Topliss-reactive ketones (excluding diaryl/α,β-unsaturated/α-hetero) is 1. The minimum absolute atomic E-state index is 0.100. The summed E-state index contributed by atoms with van der Waals surface area (Å²) in [7, 11) is 0. The topological polar surface area (TPSA) is 30.2 Å². The van der Waals surface area contributed by atoms with Crippen LogP contribution in [0.3, 0.4) is 0 Å². The highest BCUT2D eigenvalue weighted by Crippen LogP contribution is 2.10. The third kappa shape index (κ3) is 3.59. The second-order valence-electron chi connectivity index (χ2n) is 4.09. The van der Waals surface area contributed by atoms with E-state index in [2.05, 4.69) is 12.1 Å². The van der Waals surface area contributed by atoms with E-state index in [9.17, 15) is 4.79 Å². The van der Waals surface area contributed by atoms with Gasteiger partial charge in [-0.05, 0) is 37.0 Å². The minimum Gasteiger partial charge on any atom is -0.461 e. The van der Waals surface area contributed by atoms with Gasteiger partial charge in [-0.1, -0.05) is 30.3 Å². The zero-order valence-corrected chi connectivity index (χ0v) is 9.76. The van der Waals surface area contributed by atoms with E-state index in [1.165, 1.54) is 11.8 Å². The number of unbranched alkanes of at least 4 members (excludes halogenated alkanes) is 1. The molecule has 1 aromatic carbocycles. The highest BCUT2D eigenvalue weighted by Gasteiger charge is 2.07. The van der Waals surface area contributed by atoms with E-state index >= 15 is 0 Å². The molecule has 0 aliphatic carbocycles. The molecule has 2 rings (SSSR count). The van der Waals surface area contributed by atoms with E-state index in [0.29, 0.717) is 12.2 Å². The molecule has 0 aliphatic heterocycles. The first-order valence-electron chi connectivity index (χ1n) is 5.97. The van der Waals surface area contributed by atoms with Gasteiger partial charge in [0.05, 0.1) is 6.26 Å². The summed E-state index contributed by atoms with van der Waals surface area (Å²) >= 11 is 0. The predicted molar refractivity (Wildman–Crippen MR) is 67.0 cm³/mol. The minimum atomic E-state index is 0.100. The number of carbonyl (C=O) groups excluding carboxylic acids is 1. The second kappa shape index (κ2) is 6.04. The number of ketones is 1. The molecule has 1 heterocycles. The third-order valence-electron chi connectivity index (χ3n) is 2.76. The third-order valence-corrected chi connectivity index (χ3v) is 2.76. The van der Waals surface area contributed by atoms with Crippen molar-refractivity contribution in [2.75, 3.05) is 0 Å². The van der Waals surface area contributed by atoms with Gasteiger partial charge in [0.15, 0.2) is 11.5 Å². The maximum Gasteiger partial charge on any atom is 0.197 e. The van der Waals surface area contributed by atoms with Crippen LogP contribution in [-0.4, -0.2) is 5.78 Å². The molecular formula is C15H16O2. The van der Waals surface area contributed by atoms with Crippen molar-refractivity contribution >= 4 is 5.78 Å². The summed E-state index contributed by atoms with van der Waals surface area (Å²) in [5.74, 6) is 0.577. The summed E-state index contributed by atoms with van der Waals surface area (Å²) in [6.07, 6.45) is 5.09. The van der Waals surface area contributed by atoms with E-state index in [0.717, 1.165) is 19.3 Å². The van der Waals surface area contributed by atoms with Crippen LogP contribution in [0.25, 0.3) is 0 Å². The molecule has 2 nitrogen and oxygen atoms in total. The lowest BCUT2D eigenvalue weighted by Crippen LogP contribution is -1.97. The van der Waals surface area contributed by atoms with E-state index in [1.807, 2.05) is 18.2 Å². The molecule has 2 heteroatoms. The van der Waals surface area contributed by atoms with Crippen molar-refractivity contribution in [1.82, 2.24) is 0 Å². The number of benzene rings is 1. The first-order valence-corrected chi connectivity index (χ1v) is 5.97. The second-order valence-corrected chi connectivity index (χ2v) is 4.09. The SMILES string of the molecule is O=C(CCCCc1ccccc1)c1ccco1. The lowest BCUT2D eigenvalue weighted by atomic mass is 10.1. The van der Waals surface area contributed by atoms with Crippen LogP contribution < -0.4 is 0 Å². The molecule has 0 saturated heterocycles. The van der Waals surface area contributed by atoms with Gasteiger partial charge in [0, 0.05) is 6.42 Å². The van der Waals surface area contributed by atoms with E-state index < -0.39 is 0 Å². The number of rotatable bonds is 6. The van der Waals surface area contributed by atoms with Crippen molar-refractivity contribution in [3.63, 3.8) is 0 Å². The van der Waals surface area contributed by atoms with Gasteiger partial charge in [-0.25, -0.2) is 0 Å². The van der Waals surface area contributed by atoms with Crippen molar-refractivity contribution in [2.45, 2.75) is 25.7 Å². The van der Waals surface area contributed by atoms with Crippen molar-refractivity contribution < 1.29 is 9.21 Å². The summed E-state index contributed by atoms with van der Waals surface area (Å²) in [6.45, 7) is 0. The summed E-state index contributed by atoms with van der Waals surface area (Å²) < 4.78 is 5.06. The Labute approximate surface area is 101 Å². The van der Waals surface area contributed by atoms with Gasteiger partial charge in [-0.2, -0.15) is 0 Å². The molecule has 0 saturated carbocycles. The van der Waals surface area contributed by atoms with E-state index in [4.69, 9.17) is 4.42 Å². The van der Waals surface area contributed by atoms with Crippen LogP contribution in [0.15, 0.2) is 53.1 Å². The quantitative estimate of drug-likeness (QED) is 0.555. The molecule has 0 unspecified atom stereocenters. The van der Waals surface area contributed by atoms with Crippen LogP contribution in [0, 0.1) is 0 Å². The number of aryl methyl sites for hydroxylation is 1. The summed E-state index contributed by atoms with van der Waals surface area (Å²) in [4.78, 5) is 11.6. The number of hydrogen-bond acceptors (Lipinski definition) is 2. The molecule has 0 fully saturated rings. The summed E-state index contributed by atoms with van der Waals surface area (Å²) in [5.41, 5.74) is 1.33. The number of furan rings is 1. The fourth-order valence-corrected chi connectivity index (χ4v) is 1.82. The van der Waals surface area contributed by atoms with Gasteiger partial charge in [-0.15, -0.1) is 0 Å². The van der Waals surface area contributed by atoms with Crippen LogP contribution in [0.4, 0.5) is 0 Å². The molecule has 0 amide bonds. The van der Waals surface area contributed by atoms with Gasteiger partial charge in [-0.3, -0.25) is 4.79 Å². The molecule has 0 bridgehead atoms. The van der Waals surface area contributed by atoms with Crippen molar-refractivity contribution in [3.05, 3.63) is 60.1 Å². The van der Waals surface area contributed by atoms with E-state index in [-0.39, 0.29) is 5.78 Å². The Morgan fingerprint density at radius 1 is 1.00 bits per heavy atom. The Bertz CT molecular complexity index is 443. The Balaban J connectivity index is 1.69. The Morgan fingerprint density at radius 2 is 1.82 bits per heavy atom. The molecule has 88 valence electrons. The Morgan fingerprint density at radius 3 is 2.53 bits per heavy atom. The van der Waals surface area contributed by atoms with Gasteiger partial charge in [0.1, 0.15) is 0 Å². The molecule has 0 aliphatic rings. The highest BCUT2D eigenvalue weighted by atomic mass is 16.3. The molecule has 0 spiro atoms. The number of hydrogen-bond donors (Lipinski definition) is 0. The molecule has 0 atom stereocenters.